The number of nitrogens with zero attached hydrogens (tertiary/aromatic N) is 3. The molecular formula is C16H25N5O2. The molecule has 1 amide bonds. The lowest BCUT2D eigenvalue weighted by Crippen LogP contribution is -2.36. The summed E-state index contributed by atoms with van der Waals surface area (Å²) in [5.41, 5.74) is 0. The van der Waals surface area contributed by atoms with Gasteiger partial charge in [-0.1, -0.05) is 0 Å². The largest absolute Gasteiger partial charge is 0.368 e. The van der Waals surface area contributed by atoms with Crippen LogP contribution in [0.4, 0.5) is 11.6 Å². The molecule has 1 atom stereocenters. The van der Waals surface area contributed by atoms with E-state index in [-0.39, 0.29) is 12.0 Å². The number of amides is 1. The normalized spacial score (nSPS) is 20.7. The van der Waals surface area contributed by atoms with Gasteiger partial charge in [-0.05, 0) is 32.6 Å². The molecule has 2 aliphatic rings. The highest BCUT2D eigenvalue weighted by molar-refractivity contribution is 5.80. The summed E-state index contributed by atoms with van der Waals surface area (Å²) in [7, 11) is 0. The van der Waals surface area contributed by atoms with Crippen LogP contribution in [0.15, 0.2) is 6.07 Å². The average molecular weight is 319 g/mol. The summed E-state index contributed by atoms with van der Waals surface area (Å²) in [6, 6.07) is 1.99. The van der Waals surface area contributed by atoms with Crippen LogP contribution in [-0.2, 0) is 9.53 Å². The fraction of sp³-hybridized carbons (Fsp3) is 0.688. The van der Waals surface area contributed by atoms with Crippen LogP contribution in [-0.4, -0.2) is 54.8 Å². The zero-order chi connectivity index (χ0) is 16.1. The van der Waals surface area contributed by atoms with Gasteiger partial charge in [-0.2, -0.15) is 0 Å². The van der Waals surface area contributed by atoms with E-state index >= 15 is 0 Å². The van der Waals surface area contributed by atoms with Crippen molar-refractivity contribution in [3.63, 3.8) is 0 Å². The summed E-state index contributed by atoms with van der Waals surface area (Å²) in [6.45, 7) is 5.91. The summed E-state index contributed by atoms with van der Waals surface area (Å²) in [4.78, 5) is 23.1. The molecule has 3 heterocycles. The topological polar surface area (TPSA) is 79.4 Å². The molecule has 1 unspecified atom stereocenters. The van der Waals surface area contributed by atoms with Gasteiger partial charge in [0.15, 0.2) is 0 Å². The standard InChI is InChI=1S/C16H25N5O2/c1-12-19-14(11-15(20-12)21-8-2-3-9-21)17-6-7-18-16(22)13-5-4-10-23-13/h11,13H,2-10H2,1H3,(H,18,22)(H,17,19,20). The predicted molar refractivity (Wildman–Crippen MR) is 88.7 cm³/mol. The number of nitrogens with one attached hydrogen (secondary N) is 2. The molecule has 2 aliphatic heterocycles. The number of anilines is 2. The quantitative estimate of drug-likeness (QED) is 0.764. The Morgan fingerprint density at radius 1 is 1.30 bits per heavy atom. The molecule has 23 heavy (non-hydrogen) atoms. The molecule has 7 nitrogen and oxygen atoms in total. The molecule has 0 saturated carbocycles. The fourth-order valence-corrected chi connectivity index (χ4v) is 3.03. The third-order valence-electron chi connectivity index (χ3n) is 4.21. The number of rotatable bonds is 6. The molecule has 2 N–H and O–H groups in total. The Balaban J connectivity index is 1.46. The Kier molecular flexibility index (Phi) is 5.27. The minimum absolute atomic E-state index is 0.0130. The molecule has 0 aromatic carbocycles. The van der Waals surface area contributed by atoms with Gasteiger partial charge in [0, 0.05) is 38.9 Å². The van der Waals surface area contributed by atoms with Crippen LogP contribution in [0.25, 0.3) is 0 Å². The van der Waals surface area contributed by atoms with Gasteiger partial charge in [-0.25, -0.2) is 9.97 Å². The molecule has 0 radical (unpaired) electrons. The van der Waals surface area contributed by atoms with E-state index in [2.05, 4.69) is 25.5 Å². The Labute approximate surface area is 136 Å². The summed E-state index contributed by atoms with van der Waals surface area (Å²) in [5.74, 6) is 2.55. The lowest BCUT2D eigenvalue weighted by molar-refractivity contribution is -0.129. The van der Waals surface area contributed by atoms with Crippen LogP contribution < -0.4 is 15.5 Å². The second-order valence-corrected chi connectivity index (χ2v) is 6.07. The van der Waals surface area contributed by atoms with Crippen LogP contribution in [0, 0.1) is 6.92 Å². The fourth-order valence-electron chi connectivity index (χ4n) is 3.03. The summed E-state index contributed by atoms with van der Waals surface area (Å²) in [5, 5.41) is 6.16. The van der Waals surface area contributed by atoms with Crippen molar-refractivity contribution in [2.45, 2.75) is 38.7 Å². The maximum atomic E-state index is 11.8. The van der Waals surface area contributed by atoms with Crippen LogP contribution in [0.5, 0.6) is 0 Å². The second-order valence-electron chi connectivity index (χ2n) is 6.07. The number of carbonyl (C=O) groups excluding carboxylic acids is 1. The Bertz CT molecular complexity index is 539. The highest BCUT2D eigenvalue weighted by atomic mass is 16.5. The predicted octanol–water partition coefficient (Wildman–Crippen LogP) is 1.09. The first-order valence-electron chi connectivity index (χ1n) is 8.46. The van der Waals surface area contributed by atoms with Crippen molar-refractivity contribution in [1.29, 1.82) is 0 Å². The van der Waals surface area contributed by atoms with E-state index in [0.29, 0.717) is 19.7 Å². The highest BCUT2D eigenvalue weighted by Gasteiger charge is 2.22. The van der Waals surface area contributed by atoms with Crippen molar-refractivity contribution in [2.24, 2.45) is 0 Å². The molecule has 0 spiro atoms. The van der Waals surface area contributed by atoms with Gasteiger partial charge in [0.25, 0.3) is 0 Å². The molecule has 2 saturated heterocycles. The molecule has 7 heteroatoms. The maximum Gasteiger partial charge on any atom is 0.249 e. The molecule has 1 aromatic rings. The molecule has 0 bridgehead atoms. The number of ether oxygens (including phenoxy) is 1. The van der Waals surface area contributed by atoms with Gasteiger partial charge in [-0.15, -0.1) is 0 Å². The Hall–Kier alpha value is -1.89. The smallest absolute Gasteiger partial charge is 0.249 e. The number of aromatic nitrogens is 2. The highest BCUT2D eigenvalue weighted by Crippen LogP contribution is 2.20. The van der Waals surface area contributed by atoms with Crippen LogP contribution in [0.3, 0.4) is 0 Å². The van der Waals surface area contributed by atoms with E-state index in [4.69, 9.17) is 4.74 Å². The van der Waals surface area contributed by atoms with Gasteiger partial charge in [-0.3, -0.25) is 4.79 Å². The first kappa shape index (κ1) is 16.0. The summed E-state index contributed by atoms with van der Waals surface area (Å²) in [6.07, 6.45) is 3.97. The van der Waals surface area contributed by atoms with Crippen molar-refractivity contribution in [3.8, 4) is 0 Å². The number of hydrogen-bond acceptors (Lipinski definition) is 6. The van der Waals surface area contributed by atoms with Crippen LogP contribution in [0.1, 0.15) is 31.5 Å². The third kappa shape index (κ3) is 4.31. The summed E-state index contributed by atoms with van der Waals surface area (Å²) < 4.78 is 5.36. The summed E-state index contributed by atoms with van der Waals surface area (Å²) >= 11 is 0. The van der Waals surface area contributed by atoms with E-state index < -0.39 is 0 Å². The van der Waals surface area contributed by atoms with Gasteiger partial charge in [0.2, 0.25) is 5.91 Å². The monoisotopic (exact) mass is 319 g/mol. The molecule has 2 fully saturated rings. The van der Waals surface area contributed by atoms with Crippen molar-refractivity contribution < 1.29 is 9.53 Å². The molecule has 126 valence electrons. The van der Waals surface area contributed by atoms with Gasteiger partial charge in [0.1, 0.15) is 23.6 Å². The van der Waals surface area contributed by atoms with E-state index in [0.717, 1.165) is 43.4 Å². The van der Waals surface area contributed by atoms with Crippen molar-refractivity contribution in [1.82, 2.24) is 15.3 Å². The van der Waals surface area contributed by atoms with Crippen LogP contribution in [0.2, 0.25) is 0 Å². The van der Waals surface area contributed by atoms with Gasteiger partial charge >= 0.3 is 0 Å². The van der Waals surface area contributed by atoms with Crippen molar-refractivity contribution in [2.75, 3.05) is 43.0 Å². The number of carbonyl (C=O) groups is 1. The van der Waals surface area contributed by atoms with Crippen molar-refractivity contribution in [3.05, 3.63) is 11.9 Å². The zero-order valence-electron chi connectivity index (χ0n) is 13.7. The van der Waals surface area contributed by atoms with E-state index in [1.54, 1.807) is 0 Å². The molecule has 0 aliphatic carbocycles. The minimum atomic E-state index is -0.266. The second kappa shape index (κ2) is 7.59. The van der Waals surface area contributed by atoms with Crippen LogP contribution >= 0.6 is 0 Å². The van der Waals surface area contributed by atoms with E-state index in [1.165, 1.54) is 12.8 Å². The number of hydrogen-bond donors (Lipinski definition) is 2. The SMILES string of the molecule is Cc1nc(NCCNC(=O)C2CCCO2)cc(N2CCCC2)n1. The Morgan fingerprint density at radius 2 is 2.13 bits per heavy atom. The Morgan fingerprint density at radius 3 is 2.87 bits per heavy atom. The first-order valence-corrected chi connectivity index (χ1v) is 8.46. The van der Waals surface area contributed by atoms with E-state index in [1.807, 2.05) is 13.0 Å². The lowest BCUT2D eigenvalue weighted by atomic mass is 10.2. The van der Waals surface area contributed by atoms with Gasteiger partial charge < -0.3 is 20.3 Å². The average Bonchev–Trinajstić information content (AvgIpc) is 3.23. The van der Waals surface area contributed by atoms with Crippen molar-refractivity contribution >= 4 is 17.5 Å². The molecule has 3 rings (SSSR count). The molecular weight excluding hydrogens is 294 g/mol. The zero-order valence-corrected chi connectivity index (χ0v) is 13.7. The van der Waals surface area contributed by atoms with E-state index in [9.17, 15) is 4.79 Å². The third-order valence-corrected chi connectivity index (χ3v) is 4.21. The maximum absolute atomic E-state index is 11.8. The first-order chi connectivity index (χ1) is 11.2. The number of aryl methyl sites for hydroxylation is 1. The lowest BCUT2D eigenvalue weighted by Gasteiger charge is -2.18. The minimum Gasteiger partial charge on any atom is -0.368 e. The van der Waals surface area contributed by atoms with Gasteiger partial charge in [0.05, 0.1) is 0 Å². The molecule has 1 aromatic heterocycles.